The smallest absolute Gasteiger partial charge is 0.355 e. The Morgan fingerprint density at radius 3 is 2.89 bits per heavy atom. The van der Waals surface area contributed by atoms with Crippen LogP contribution in [-0.4, -0.2) is 16.2 Å². The molecule has 0 aromatic heterocycles. The maximum Gasteiger partial charge on any atom is 0.355 e. The lowest BCUT2D eigenvalue weighted by Crippen LogP contribution is -2.37. The normalized spacial score (nSPS) is 17.9. The van der Waals surface area contributed by atoms with Crippen LogP contribution in [0.1, 0.15) is 0 Å². The molecule has 5 nitrogen and oxygen atoms in total. The van der Waals surface area contributed by atoms with Crippen LogP contribution in [0, 0.1) is 0 Å². The topological polar surface area (TPSA) is 78.6 Å². The minimum Gasteiger partial charge on any atom is -0.476 e. The predicted octanol–water partition coefficient (Wildman–Crippen LogP) is -0.746. The van der Waals surface area contributed by atoms with E-state index in [1.807, 2.05) is 0 Å². The van der Waals surface area contributed by atoms with Gasteiger partial charge in [0.25, 0.3) is 0 Å². The number of nitrogens with zero attached hydrogens (tertiary/aromatic N) is 1. The predicted molar refractivity (Wildman–Crippen MR) is 32.5 cm³/mol. The van der Waals surface area contributed by atoms with Crippen molar-refractivity contribution < 1.29 is 9.90 Å². The van der Waals surface area contributed by atoms with E-state index in [0.717, 1.165) is 17.1 Å². The van der Waals surface area contributed by atoms with Crippen LogP contribution in [0.3, 0.4) is 0 Å². The van der Waals surface area contributed by atoms with Crippen LogP contribution in [0.5, 0.6) is 0 Å². The van der Waals surface area contributed by atoms with E-state index in [4.69, 9.17) is 10.9 Å². The van der Waals surface area contributed by atoms with Gasteiger partial charge >= 0.3 is 5.97 Å². The summed E-state index contributed by atoms with van der Waals surface area (Å²) in [4.78, 5) is 12.7. The van der Waals surface area contributed by atoms with Crippen molar-refractivity contribution in [3.05, 3.63) is 11.1 Å². The SMILES string of the molecule is NN1NSC=C1C(=O)O. The summed E-state index contributed by atoms with van der Waals surface area (Å²) in [7, 11) is 0. The summed E-state index contributed by atoms with van der Waals surface area (Å²) in [5, 5.41) is 10.7. The average Bonchev–Trinajstić information content (AvgIpc) is 2.13. The zero-order valence-corrected chi connectivity index (χ0v) is 5.18. The third-order valence-corrected chi connectivity index (χ3v) is 1.44. The molecule has 0 amide bonds. The average molecular weight is 147 g/mol. The van der Waals surface area contributed by atoms with Crippen LogP contribution >= 0.6 is 11.9 Å². The lowest BCUT2D eigenvalue weighted by Gasteiger charge is -2.09. The van der Waals surface area contributed by atoms with Gasteiger partial charge in [-0.2, -0.15) is 4.83 Å². The van der Waals surface area contributed by atoms with Gasteiger partial charge in [-0.15, -0.1) is 0 Å². The number of nitrogens with two attached hydrogens (primary N) is 1. The Bertz CT molecular complexity index is 168. The highest BCUT2D eigenvalue weighted by Gasteiger charge is 2.17. The Labute approximate surface area is 55.6 Å². The fourth-order valence-electron chi connectivity index (χ4n) is 0.398. The molecule has 50 valence electrons. The van der Waals surface area contributed by atoms with Gasteiger partial charge < -0.3 is 5.11 Å². The Balaban J connectivity index is 2.68. The van der Waals surface area contributed by atoms with Crippen molar-refractivity contribution in [3.63, 3.8) is 0 Å². The van der Waals surface area contributed by atoms with Gasteiger partial charge in [0.15, 0.2) is 5.70 Å². The van der Waals surface area contributed by atoms with Gasteiger partial charge in [0.1, 0.15) is 0 Å². The van der Waals surface area contributed by atoms with Crippen LogP contribution in [0.25, 0.3) is 0 Å². The van der Waals surface area contributed by atoms with Crippen LogP contribution in [0.2, 0.25) is 0 Å². The van der Waals surface area contributed by atoms with Crippen LogP contribution < -0.4 is 10.7 Å². The highest BCUT2D eigenvalue weighted by molar-refractivity contribution is 8.00. The zero-order chi connectivity index (χ0) is 6.85. The quantitative estimate of drug-likeness (QED) is 0.335. The first-order valence-corrected chi connectivity index (χ1v) is 2.99. The number of hydrogen-bond acceptors (Lipinski definition) is 5. The van der Waals surface area contributed by atoms with E-state index in [-0.39, 0.29) is 5.70 Å². The van der Waals surface area contributed by atoms with E-state index in [1.165, 1.54) is 5.41 Å². The number of carboxylic acids is 1. The van der Waals surface area contributed by atoms with Crippen molar-refractivity contribution in [1.82, 2.24) is 9.95 Å². The molecule has 0 atom stereocenters. The van der Waals surface area contributed by atoms with E-state index in [9.17, 15) is 4.79 Å². The second kappa shape index (κ2) is 2.26. The fraction of sp³-hybridized carbons (Fsp3) is 0. The molecule has 0 aliphatic carbocycles. The van der Waals surface area contributed by atoms with Crippen molar-refractivity contribution in [2.24, 2.45) is 5.84 Å². The first-order chi connectivity index (χ1) is 4.22. The Morgan fingerprint density at radius 2 is 2.67 bits per heavy atom. The number of carbonyl (C=O) groups is 1. The van der Waals surface area contributed by atoms with Crippen molar-refractivity contribution in [2.45, 2.75) is 0 Å². The van der Waals surface area contributed by atoms with Crippen molar-refractivity contribution in [3.8, 4) is 0 Å². The van der Waals surface area contributed by atoms with E-state index < -0.39 is 5.97 Å². The minimum atomic E-state index is -1.03. The highest BCUT2D eigenvalue weighted by atomic mass is 32.2. The lowest BCUT2D eigenvalue weighted by molar-refractivity contribution is -0.134. The highest BCUT2D eigenvalue weighted by Crippen LogP contribution is 2.13. The fourth-order valence-corrected chi connectivity index (χ4v) is 0.989. The molecule has 0 unspecified atom stereocenters. The van der Waals surface area contributed by atoms with Crippen LogP contribution in [0.15, 0.2) is 11.1 Å². The van der Waals surface area contributed by atoms with E-state index >= 15 is 0 Å². The van der Waals surface area contributed by atoms with Gasteiger partial charge in [-0.3, -0.25) is 0 Å². The number of rotatable bonds is 1. The number of carboxylic acid groups (broad SMARTS) is 1. The summed E-state index contributed by atoms with van der Waals surface area (Å²) in [6, 6.07) is 0. The largest absolute Gasteiger partial charge is 0.476 e. The third kappa shape index (κ3) is 1.15. The molecule has 6 heteroatoms. The summed E-state index contributed by atoms with van der Waals surface area (Å²) in [6.45, 7) is 0. The first-order valence-electron chi connectivity index (χ1n) is 2.11. The Hall–Kier alpha value is -0.720. The lowest BCUT2D eigenvalue weighted by atomic mass is 10.5. The molecule has 0 saturated heterocycles. The van der Waals surface area contributed by atoms with E-state index in [0.29, 0.717) is 0 Å². The van der Waals surface area contributed by atoms with Crippen LogP contribution in [0.4, 0.5) is 0 Å². The monoisotopic (exact) mass is 147 g/mol. The summed E-state index contributed by atoms with van der Waals surface area (Å²) in [5.41, 5.74) is 0.0556. The van der Waals surface area contributed by atoms with Gasteiger partial charge in [0.05, 0.1) is 0 Å². The zero-order valence-electron chi connectivity index (χ0n) is 4.37. The molecule has 1 aliphatic heterocycles. The second-order valence-corrected chi connectivity index (χ2v) is 2.04. The molecule has 0 fully saturated rings. The second-order valence-electron chi connectivity index (χ2n) is 1.39. The maximum absolute atomic E-state index is 10.2. The molecule has 0 aromatic rings. The minimum absolute atomic E-state index is 0.0556. The van der Waals surface area contributed by atoms with Crippen molar-refractivity contribution in [1.29, 1.82) is 0 Å². The number of hydrogen-bond donors (Lipinski definition) is 3. The maximum atomic E-state index is 10.2. The summed E-state index contributed by atoms with van der Waals surface area (Å²) in [5.74, 6) is 4.10. The Kier molecular flexibility index (Phi) is 1.60. The standard InChI is InChI=1S/C3H5N3O2S/c4-6-2(3(7)8)1-9-5-6/h1,5H,4H2,(H,7,8). The molecule has 0 aromatic carbocycles. The molecule has 0 bridgehead atoms. The molecule has 0 saturated carbocycles. The third-order valence-electron chi connectivity index (χ3n) is 0.800. The van der Waals surface area contributed by atoms with Gasteiger partial charge in [-0.05, 0) is 11.9 Å². The summed E-state index contributed by atoms with van der Waals surface area (Å²) in [6.07, 6.45) is 0. The van der Waals surface area contributed by atoms with Gasteiger partial charge in [0, 0.05) is 5.41 Å². The molecule has 1 rings (SSSR count). The molecule has 9 heavy (non-hydrogen) atoms. The molecule has 4 N–H and O–H groups in total. The molecule has 1 aliphatic rings. The molecular weight excluding hydrogens is 142 g/mol. The molecule has 0 radical (unpaired) electrons. The Morgan fingerprint density at radius 1 is 2.00 bits per heavy atom. The van der Waals surface area contributed by atoms with Crippen LogP contribution in [-0.2, 0) is 4.79 Å². The van der Waals surface area contributed by atoms with Gasteiger partial charge in [-0.1, -0.05) is 0 Å². The van der Waals surface area contributed by atoms with Crippen molar-refractivity contribution >= 4 is 17.9 Å². The van der Waals surface area contributed by atoms with Crippen molar-refractivity contribution in [2.75, 3.05) is 0 Å². The number of nitrogens with one attached hydrogen (secondary N) is 1. The molecular formula is C3H5N3O2S. The summed E-state index contributed by atoms with van der Waals surface area (Å²) < 4.78 is 0. The molecule has 0 spiro atoms. The van der Waals surface area contributed by atoms with Gasteiger partial charge in [-0.25, -0.2) is 15.8 Å². The number of aliphatic carboxylic acids is 1. The summed E-state index contributed by atoms with van der Waals surface area (Å²) >= 11 is 1.13. The van der Waals surface area contributed by atoms with E-state index in [1.54, 1.807) is 0 Å². The van der Waals surface area contributed by atoms with Gasteiger partial charge in [0.2, 0.25) is 0 Å². The first kappa shape index (κ1) is 6.40. The molecule has 1 heterocycles. The van der Waals surface area contributed by atoms with E-state index in [2.05, 4.69) is 4.83 Å². The number of hydrazine groups is 2.